The third-order valence-electron chi connectivity index (χ3n) is 3.27. The molecular formula is C17H19NO2S. The van der Waals surface area contributed by atoms with Gasteiger partial charge in [0.05, 0.1) is 13.0 Å². The first-order valence-electron chi connectivity index (χ1n) is 6.75. The van der Waals surface area contributed by atoms with Crippen molar-refractivity contribution in [2.24, 2.45) is 0 Å². The number of nitrogens with one attached hydrogen (secondary N) is 1. The van der Waals surface area contributed by atoms with Crippen LogP contribution in [0.2, 0.25) is 0 Å². The predicted octanol–water partition coefficient (Wildman–Crippen LogP) is 3.78. The van der Waals surface area contributed by atoms with Crippen LogP contribution >= 0.6 is 11.8 Å². The molecule has 0 aliphatic rings. The molecule has 0 spiro atoms. The van der Waals surface area contributed by atoms with Gasteiger partial charge >= 0.3 is 5.97 Å². The molecule has 1 atom stereocenters. The maximum Gasteiger partial charge on any atom is 0.314 e. The normalized spacial score (nSPS) is 11.7. The average Bonchev–Trinajstić information content (AvgIpc) is 2.56. The van der Waals surface area contributed by atoms with Gasteiger partial charge in [0.25, 0.3) is 0 Å². The van der Waals surface area contributed by atoms with Crippen LogP contribution in [0.25, 0.3) is 0 Å². The van der Waals surface area contributed by atoms with Crippen LogP contribution < -0.4 is 5.32 Å². The van der Waals surface area contributed by atoms with E-state index in [9.17, 15) is 4.79 Å². The molecule has 0 saturated carbocycles. The lowest BCUT2D eigenvalue weighted by Crippen LogP contribution is -2.22. The minimum absolute atomic E-state index is 0.227. The second-order valence-corrected chi connectivity index (χ2v) is 5.48. The number of rotatable bonds is 6. The summed E-state index contributed by atoms with van der Waals surface area (Å²) in [6, 6.07) is 17.8. The van der Waals surface area contributed by atoms with Crippen molar-refractivity contribution in [1.82, 2.24) is 0 Å². The Morgan fingerprint density at radius 2 is 1.95 bits per heavy atom. The number of hydrogen-bond donors (Lipinski definition) is 1. The molecule has 2 aromatic rings. The summed E-state index contributed by atoms with van der Waals surface area (Å²) in [5.74, 6) is -0.538. The number of thioether (sulfide) groups is 1. The maximum atomic E-state index is 12.0. The quantitative estimate of drug-likeness (QED) is 0.651. The number of methoxy groups -OCH3 is 1. The van der Waals surface area contributed by atoms with Crippen LogP contribution in [0.4, 0.5) is 5.69 Å². The van der Waals surface area contributed by atoms with Gasteiger partial charge in [0, 0.05) is 17.1 Å². The highest BCUT2D eigenvalue weighted by Crippen LogP contribution is 2.21. The maximum absolute atomic E-state index is 12.0. The lowest BCUT2D eigenvalue weighted by Gasteiger charge is -2.17. The van der Waals surface area contributed by atoms with Crippen molar-refractivity contribution >= 4 is 23.4 Å². The van der Waals surface area contributed by atoms with Crippen molar-refractivity contribution in [1.29, 1.82) is 0 Å². The second-order valence-electron chi connectivity index (χ2n) is 4.60. The summed E-state index contributed by atoms with van der Waals surface area (Å²) in [5.41, 5.74) is 1.96. The van der Waals surface area contributed by atoms with Gasteiger partial charge in [-0.2, -0.15) is 0 Å². The van der Waals surface area contributed by atoms with E-state index in [-0.39, 0.29) is 11.9 Å². The Kier molecular flexibility index (Phi) is 5.69. The van der Waals surface area contributed by atoms with E-state index in [4.69, 9.17) is 4.74 Å². The molecule has 110 valence electrons. The zero-order valence-electron chi connectivity index (χ0n) is 12.2. The van der Waals surface area contributed by atoms with E-state index >= 15 is 0 Å². The van der Waals surface area contributed by atoms with E-state index in [1.54, 1.807) is 11.8 Å². The molecule has 2 rings (SSSR count). The first kappa shape index (κ1) is 15.4. The van der Waals surface area contributed by atoms with Gasteiger partial charge in [-0.15, -0.1) is 11.8 Å². The van der Waals surface area contributed by atoms with Crippen LogP contribution in [-0.4, -0.2) is 25.9 Å². The molecular weight excluding hydrogens is 282 g/mol. The van der Waals surface area contributed by atoms with E-state index in [1.165, 1.54) is 12.0 Å². The molecule has 4 heteroatoms. The summed E-state index contributed by atoms with van der Waals surface area (Å²) in [6.07, 6.45) is 2.04. The number of carbonyl (C=O) groups is 1. The molecule has 0 saturated heterocycles. The van der Waals surface area contributed by atoms with Gasteiger partial charge in [0.2, 0.25) is 0 Å². The summed E-state index contributed by atoms with van der Waals surface area (Å²) in [7, 11) is 1.42. The Bertz CT molecular complexity index is 586. The van der Waals surface area contributed by atoms with E-state index < -0.39 is 0 Å². The number of hydrogen-bond acceptors (Lipinski definition) is 4. The van der Waals surface area contributed by atoms with E-state index in [0.717, 1.165) is 11.3 Å². The average molecular weight is 301 g/mol. The standard InChI is InChI=1S/C17H19NO2S/c1-20-17(19)16(13-7-4-3-5-8-13)12-18-14-9-6-10-15(11-14)21-2/h3-11,16,18H,12H2,1-2H3. The fourth-order valence-corrected chi connectivity index (χ4v) is 2.58. The minimum atomic E-state index is -0.311. The van der Waals surface area contributed by atoms with Gasteiger partial charge in [-0.05, 0) is 30.0 Å². The van der Waals surface area contributed by atoms with Crippen molar-refractivity contribution < 1.29 is 9.53 Å². The summed E-state index contributed by atoms with van der Waals surface area (Å²) < 4.78 is 4.92. The fraction of sp³-hybridized carbons (Fsp3) is 0.235. The smallest absolute Gasteiger partial charge is 0.314 e. The lowest BCUT2D eigenvalue weighted by atomic mass is 9.99. The topological polar surface area (TPSA) is 38.3 Å². The first-order chi connectivity index (χ1) is 10.2. The Balaban J connectivity index is 2.11. The van der Waals surface area contributed by atoms with Crippen molar-refractivity contribution in [3.8, 4) is 0 Å². The highest BCUT2D eigenvalue weighted by Gasteiger charge is 2.20. The Morgan fingerprint density at radius 1 is 1.19 bits per heavy atom. The molecule has 0 amide bonds. The van der Waals surface area contributed by atoms with Crippen LogP contribution in [0.1, 0.15) is 11.5 Å². The van der Waals surface area contributed by atoms with Crippen LogP contribution in [0, 0.1) is 0 Å². The largest absolute Gasteiger partial charge is 0.468 e. The van der Waals surface area contributed by atoms with Gasteiger partial charge in [-0.1, -0.05) is 36.4 Å². The van der Waals surface area contributed by atoms with Gasteiger partial charge in [0.15, 0.2) is 0 Å². The fourth-order valence-electron chi connectivity index (χ4n) is 2.12. The number of benzene rings is 2. The zero-order chi connectivity index (χ0) is 15.1. The molecule has 3 nitrogen and oxygen atoms in total. The molecule has 0 bridgehead atoms. The summed E-state index contributed by atoms with van der Waals surface area (Å²) >= 11 is 1.69. The monoisotopic (exact) mass is 301 g/mol. The third-order valence-corrected chi connectivity index (χ3v) is 3.99. The van der Waals surface area contributed by atoms with Crippen LogP contribution in [-0.2, 0) is 9.53 Å². The van der Waals surface area contributed by atoms with E-state index in [2.05, 4.69) is 17.4 Å². The minimum Gasteiger partial charge on any atom is -0.468 e. The van der Waals surface area contributed by atoms with Crippen molar-refractivity contribution in [3.63, 3.8) is 0 Å². The Morgan fingerprint density at radius 3 is 2.62 bits per heavy atom. The number of ether oxygens (including phenoxy) is 1. The molecule has 1 unspecified atom stereocenters. The molecule has 0 aromatic heterocycles. The van der Waals surface area contributed by atoms with Crippen LogP contribution in [0.15, 0.2) is 59.5 Å². The highest BCUT2D eigenvalue weighted by molar-refractivity contribution is 7.98. The lowest BCUT2D eigenvalue weighted by molar-refractivity contribution is -0.142. The van der Waals surface area contributed by atoms with E-state index in [1.807, 2.05) is 48.7 Å². The molecule has 1 N–H and O–H groups in total. The first-order valence-corrected chi connectivity index (χ1v) is 7.97. The summed E-state index contributed by atoms with van der Waals surface area (Å²) in [5, 5.41) is 3.32. The Hall–Kier alpha value is -1.94. The van der Waals surface area contributed by atoms with Crippen molar-refractivity contribution in [2.75, 3.05) is 25.2 Å². The zero-order valence-corrected chi connectivity index (χ0v) is 13.0. The van der Waals surface area contributed by atoms with E-state index in [0.29, 0.717) is 6.54 Å². The number of anilines is 1. The van der Waals surface area contributed by atoms with Gasteiger partial charge in [-0.25, -0.2) is 0 Å². The van der Waals surface area contributed by atoms with Crippen LogP contribution in [0.5, 0.6) is 0 Å². The van der Waals surface area contributed by atoms with Crippen molar-refractivity contribution in [3.05, 3.63) is 60.2 Å². The summed E-state index contributed by atoms with van der Waals surface area (Å²) in [6.45, 7) is 0.508. The Labute approximate surface area is 129 Å². The van der Waals surface area contributed by atoms with Gasteiger partial charge in [-0.3, -0.25) is 4.79 Å². The molecule has 2 aromatic carbocycles. The summed E-state index contributed by atoms with van der Waals surface area (Å²) in [4.78, 5) is 13.2. The highest BCUT2D eigenvalue weighted by atomic mass is 32.2. The molecule has 0 fully saturated rings. The number of carbonyl (C=O) groups excluding carboxylic acids is 1. The van der Waals surface area contributed by atoms with Crippen LogP contribution in [0.3, 0.4) is 0 Å². The second kappa shape index (κ2) is 7.74. The van der Waals surface area contributed by atoms with Gasteiger partial charge < -0.3 is 10.1 Å². The molecule has 0 heterocycles. The van der Waals surface area contributed by atoms with Gasteiger partial charge in [0.1, 0.15) is 0 Å². The molecule has 0 aliphatic carbocycles. The number of esters is 1. The molecule has 21 heavy (non-hydrogen) atoms. The molecule has 0 aliphatic heterocycles. The SMILES string of the molecule is COC(=O)C(CNc1cccc(SC)c1)c1ccccc1. The molecule has 0 radical (unpaired) electrons. The van der Waals surface area contributed by atoms with Crippen molar-refractivity contribution in [2.45, 2.75) is 10.8 Å². The third kappa shape index (κ3) is 4.26. The predicted molar refractivity (Wildman–Crippen MR) is 87.9 cm³/mol.